The number of aromatic amines is 1. The number of ether oxygens (including phenoxy) is 1. The first-order chi connectivity index (χ1) is 11.4. The lowest BCUT2D eigenvalue weighted by Crippen LogP contribution is -2.25. The summed E-state index contributed by atoms with van der Waals surface area (Å²) >= 11 is 0. The van der Waals surface area contributed by atoms with Gasteiger partial charge < -0.3 is 19.8 Å². The molecule has 0 fully saturated rings. The van der Waals surface area contributed by atoms with E-state index in [2.05, 4.69) is 10.3 Å². The van der Waals surface area contributed by atoms with Crippen LogP contribution in [0.3, 0.4) is 0 Å². The van der Waals surface area contributed by atoms with E-state index in [9.17, 15) is 14.0 Å². The molecular formula is C18H23FN2O3. The van der Waals surface area contributed by atoms with Crippen LogP contribution in [0.4, 0.5) is 4.39 Å². The topological polar surface area (TPSA) is 71.2 Å². The smallest absolute Gasteiger partial charge is 0.216 e. The van der Waals surface area contributed by atoms with Crippen LogP contribution in [0.1, 0.15) is 37.9 Å². The van der Waals surface area contributed by atoms with Gasteiger partial charge in [0.25, 0.3) is 0 Å². The summed E-state index contributed by atoms with van der Waals surface area (Å²) in [4.78, 5) is 25.1. The lowest BCUT2D eigenvalue weighted by molar-refractivity contribution is -0.119. The summed E-state index contributed by atoms with van der Waals surface area (Å²) in [5.41, 5.74) is 2.78. The molecular weight excluding hydrogens is 311 g/mol. The van der Waals surface area contributed by atoms with Crippen LogP contribution in [-0.2, 0) is 16.0 Å². The van der Waals surface area contributed by atoms with E-state index < -0.39 is 5.82 Å². The van der Waals surface area contributed by atoms with E-state index in [4.69, 9.17) is 4.74 Å². The van der Waals surface area contributed by atoms with E-state index in [1.54, 1.807) is 13.0 Å². The summed E-state index contributed by atoms with van der Waals surface area (Å²) in [6.07, 6.45) is 2.05. The lowest BCUT2D eigenvalue weighted by Gasteiger charge is -2.08. The fourth-order valence-corrected chi connectivity index (χ4v) is 2.72. The molecule has 6 heteroatoms. The second-order valence-electron chi connectivity index (χ2n) is 5.94. The molecule has 0 aliphatic carbocycles. The third kappa shape index (κ3) is 4.57. The van der Waals surface area contributed by atoms with Crippen LogP contribution < -0.4 is 10.1 Å². The van der Waals surface area contributed by atoms with Crippen LogP contribution >= 0.6 is 0 Å². The summed E-state index contributed by atoms with van der Waals surface area (Å²) in [6, 6.07) is 3.11. The highest BCUT2D eigenvalue weighted by Gasteiger charge is 2.13. The van der Waals surface area contributed by atoms with Crippen LogP contribution in [0.15, 0.2) is 12.1 Å². The molecule has 130 valence electrons. The first-order valence-corrected chi connectivity index (χ1v) is 8.06. The van der Waals surface area contributed by atoms with Gasteiger partial charge in [-0.3, -0.25) is 4.79 Å². The third-order valence-corrected chi connectivity index (χ3v) is 3.86. The Kier molecular flexibility index (Phi) is 5.95. The average molecular weight is 334 g/mol. The number of amides is 1. The molecule has 0 atom stereocenters. The van der Waals surface area contributed by atoms with E-state index in [-0.39, 0.29) is 24.0 Å². The largest absolute Gasteiger partial charge is 0.489 e. The standard InChI is InChI=1S/C18H23FN2O3/c1-11(22)5-4-6-14-12(2)21-17-10-16(19)18(9-15(14)17)24-8-7-20-13(3)23/h9-10,21H,4-8H2,1-3H3,(H,20,23). The molecule has 1 aromatic heterocycles. The van der Waals surface area contributed by atoms with Crippen LogP contribution in [0.5, 0.6) is 5.75 Å². The molecule has 0 spiro atoms. The maximum Gasteiger partial charge on any atom is 0.216 e. The molecule has 0 aliphatic rings. The number of aryl methyl sites for hydroxylation is 2. The number of nitrogens with one attached hydrogen (secondary N) is 2. The molecule has 24 heavy (non-hydrogen) atoms. The van der Waals surface area contributed by atoms with Crippen LogP contribution in [0.25, 0.3) is 10.9 Å². The number of hydrogen-bond donors (Lipinski definition) is 2. The third-order valence-electron chi connectivity index (χ3n) is 3.86. The Labute approximate surface area is 140 Å². The molecule has 5 nitrogen and oxygen atoms in total. The molecule has 0 saturated heterocycles. The number of fused-ring (bicyclic) bond motifs is 1. The average Bonchev–Trinajstić information content (AvgIpc) is 2.78. The van der Waals surface area contributed by atoms with Crippen LogP contribution in [-0.4, -0.2) is 29.8 Å². The van der Waals surface area contributed by atoms with E-state index in [1.807, 2.05) is 6.92 Å². The van der Waals surface area contributed by atoms with Gasteiger partial charge in [0, 0.05) is 36.0 Å². The van der Waals surface area contributed by atoms with Crippen molar-refractivity contribution in [1.82, 2.24) is 10.3 Å². The SMILES string of the molecule is CC(=O)CCCc1c(C)[nH]c2cc(F)c(OCCNC(C)=O)cc12. The number of carbonyl (C=O) groups is 2. The number of halogens is 1. The Bertz CT molecular complexity index is 752. The number of carbonyl (C=O) groups excluding carboxylic acids is 2. The van der Waals surface area contributed by atoms with Gasteiger partial charge >= 0.3 is 0 Å². The quantitative estimate of drug-likeness (QED) is 0.729. The zero-order valence-corrected chi connectivity index (χ0v) is 14.3. The highest BCUT2D eigenvalue weighted by Crippen LogP contribution is 2.30. The van der Waals surface area contributed by atoms with Crippen molar-refractivity contribution in [3.63, 3.8) is 0 Å². The molecule has 2 N–H and O–H groups in total. The van der Waals surface area contributed by atoms with Gasteiger partial charge in [0.05, 0.1) is 6.54 Å². The molecule has 2 rings (SSSR count). The minimum Gasteiger partial charge on any atom is -0.489 e. The van der Waals surface area contributed by atoms with Crippen molar-refractivity contribution in [1.29, 1.82) is 0 Å². The van der Waals surface area contributed by atoms with Gasteiger partial charge in [0.2, 0.25) is 5.91 Å². The highest BCUT2D eigenvalue weighted by atomic mass is 19.1. The molecule has 0 bridgehead atoms. The second-order valence-corrected chi connectivity index (χ2v) is 5.94. The molecule has 0 radical (unpaired) electrons. The van der Waals surface area contributed by atoms with Gasteiger partial charge in [0.1, 0.15) is 12.4 Å². The van der Waals surface area contributed by atoms with Crippen molar-refractivity contribution >= 4 is 22.6 Å². The van der Waals surface area contributed by atoms with Crippen molar-refractivity contribution < 1.29 is 18.7 Å². The van der Waals surface area contributed by atoms with Gasteiger partial charge in [-0.05, 0) is 38.3 Å². The number of benzene rings is 1. The second kappa shape index (κ2) is 7.95. The number of H-pyrrole nitrogens is 1. The molecule has 1 aromatic carbocycles. The number of Topliss-reactive ketones (excluding diaryl/α,β-unsaturated/α-hetero) is 1. The summed E-state index contributed by atoms with van der Waals surface area (Å²) in [5.74, 6) is -0.259. The highest BCUT2D eigenvalue weighted by molar-refractivity contribution is 5.86. The Morgan fingerprint density at radius 2 is 2.04 bits per heavy atom. The molecule has 0 unspecified atom stereocenters. The van der Waals surface area contributed by atoms with Gasteiger partial charge in [-0.2, -0.15) is 0 Å². The van der Waals surface area contributed by atoms with E-state index >= 15 is 0 Å². The zero-order chi connectivity index (χ0) is 17.7. The number of aromatic nitrogens is 1. The van der Waals surface area contributed by atoms with Crippen LogP contribution in [0.2, 0.25) is 0 Å². The minimum atomic E-state index is -0.443. The number of hydrogen-bond acceptors (Lipinski definition) is 3. The minimum absolute atomic E-state index is 0.149. The Morgan fingerprint density at radius 1 is 1.29 bits per heavy atom. The maximum atomic E-state index is 14.1. The zero-order valence-electron chi connectivity index (χ0n) is 14.3. The lowest BCUT2D eigenvalue weighted by atomic mass is 10.0. The summed E-state index contributed by atoms with van der Waals surface area (Å²) in [7, 11) is 0. The van der Waals surface area contributed by atoms with Gasteiger partial charge in [-0.25, -0.2) is 4.39 Å². The molecule has 2 aromatic rings. The van der Waals surface area contributed by atoms with Crippen LogP contribution in [0, 0.1) is 12.7 Å². The predicted molar refractivity (Wildman–Crippen MR) is 90.8 cm³/mol. The Hall–Kier alpha value is -2.37. The van der Waals surface area contributed by atoms with Crippen molar-refractivity contribution in [2.24, 2.45) is 0 Å². The summed E-state index contributed by atoms with van der Waals surface area (Å²) in [6.45, 7) is 5.47. The van der Waals surface area contributed by atoms with Crippen molar-refractivity contribution in [3.05, 3.63) is 29.2 Å². The fraction of sp³-hybridized carbons (Fsp3) is 0.444. The van der Waals surface area contributed by atoms with Gasteiger partial charge in [-0.1, -0.05) is 0 Å². The van der Waals surface area contributed by atoms with E-state index in [0.29, 0.717) is 13.0 Å². The first-order valence-electron chi connectivity index (χ1n) is 8.06. The van der Waals surface area contributed by atoms with E-state index in [0.717, 1.165) is 35.0 Å². The summed E-state index contributed by atoms with van der Waals surface area (Å²) < 4.78 is 19.6. The fourth-order valence-electron chi connectivity index (χ4n) is 2.72. The van der Waals surface area contributed by atoms with Crippen molar-refractivity contribution in [3.8, 4) is 5.75 Å². The molecule has 0 aliphatic heterocycles. The number of ketones is 1. The molecule has 1 amide bonds. The van der Waals surface area contributed by atoms with E-state index in [1.165, 1.54) is 13.0 Å². The van der Waals surface area contributed by atoms with Gasteiger partial charge in [0.15, 0.2) is 11.6 Å². The predicted octanol–water partition coefficient (Wildman–Crippen LogP) is 3.04. The monoisotopic (exact) mass is 334 g/mol. The maximum absolute atomic E-state index is 14.1. The normalized spacial score (nSPS) is 10.8. The first kappa shape index (κ1) is 18.0. The molecule has 1 heterocycles. The number of rotatable bonds is 8. The van der Waals surface area contributed by atoms with Gasteiger partial charge in [-0.15, -0.1) is 0 Å². The Balaban J connectivity index is 2.16. The molecule has 0 saturated carbocycles. The summed E-state index contributed by atoms with van der Waals surface area (Å²) in [5, 5.41) is 3.51. The van der Waals surface area contributed by atoms with Crippen molar-refractivity contribution in [2.45, 2.75) is 40.0 Å². The van der Waals surface area contributed by atoms with Crippen molar-refractivity contribution in [2.75, 3.05) is 13.2 Å². The Morgan fingerprint density at radius 3 is 2.71 bits per heavy atom.